The van der Waals surface area contributed by atoms with Crippen molar-refractivity contribution in [2.45, 2.75) is 38.5 Å². The topological polar surface area (TPSA) is 149 Å². The molecule has 5 N–H and O–H groups in total. The minimum Gasteiger partial charge on any atom is -0.396 e. The van der Waals surface area contributed by atoms with Crippen LogP contribution < -0.4 is 16.6 Å². The van der Waals surface area contributed by atoms with Crippen molar-refractivity contribution in [1.82, 2.24) is 10.7 Å². The van der Waals surface area contributed by atoms with E-state index in [1.54, 1.807) is 0 Å². The first kappa shape index (κ1) is 24.0. The van der Waals surface area contributed by atoms with Gasteiger partial charge in [0.1, 0.15) is 0 Å². The van der Waals surface area contributed by atoms with Gasteiger partial charge in [-0.3, -0.25) is 28.6 Å². The molecule has 0 aliphatic carbocycles. The Hall–Kier alpha value is -1.03. The second kappa shape index (κ2) is 14.2. The number of aliphatic hydroxyl groups is 1. The maximum absolute atomic E-state index is 11.7. The number of phosphoric acid groups is 1. The van der Waals surface area contributed by atoms with Crippen molar-refractivity contribution in [3.05, 3.63) is 0 Å². The molecule has 0 aliphatic heterocycles. The highest BCUT2D eigenvalue weighted by Crippen LogP contribution is 2.47. The van der Waals surface area contributed by atoms with Gasteiger partial charge in [0.05, 0.1) is 6.61 Å². The third-order valence-electron chi connectivity index (χ3n) is 3.50. The molecule has 25 heavy (non-hydrogen) atoms. The van der Waals surface area contributed by atoms with Crippen molar-refractivity contribution in [3.8, 4) is 0 Å². The third-order valence-corrected chi connectivity index (χ3v) is 4.86. The summed E-state index contributed by atoms with van der Waals surface area (Å²) >= 11 is 0. The molecule has 10 nitrogen and oxygen atoms in total. The molecular weight excluding hydrogens is 353 g/mol. The molecule has 0 heterocycles. The first-order chi connectivity index (χ1) is 11.9. The summed E-state index contributed by atoms with van der Waals surface area (Å²) in [6, 6.07) is 0. The molecule has 0 saturated carbocycles. The average molecular weight is 383 g/mol. The fourth-order valence-electron chi connectivity index (χ4n) is 1.96. The molecule has 0 spiro atoms. The normalized spacial score (nSPS) is 12.6. The number of carbonyl (C=O) groups excluding carboxylic acids is 2. The number of hydrogen-bond donors (Lipinski definition) is 4. The van der Waals surface area contributed by atoms with E-state index in [1.807, 2.05) is 5.43 Å². The fraction of sp³-hybridized carbons (Fsp3) is 0.857. The summed E-state index contributed by atoms with van der Waals surface area (Å²) in [5.41, 5.74) is 2.01. The van der Waals surface area contributed by atoms with Crippen LogP contribution in [0.3, 0.4) is 0 Å². The molecule has 0 aromatic heterocycles. The molecule has 0 aliphatic rings. The van der Waals surface area contributed by atoms with E-state index in [1.165, 1.54) is 14.2 Å². The molecule has 1 atom stereocenters. The Kier molecular flexibility index (Phi) is 13.6. The van der Waals surface area contributed by atoms with Gasteiger partial charge in [-0.05, 0) is 19.3 Å². The zero-order valence-electron chi connectivity index (χ0n) is 14.9. The number of unbranched alkanes of at least 4 members (excludes halogenated alkanes) is 1. The van der Waals surface area contributed by atoms with Crippen LogP contribution in [0.1, 0.15) is 38.5 Å². The minimum absolute atomic E-state index is 0.0605. The molecule has 0 radical (unpaired) electrons. The second-order valence-corrected chi connectivity index (χ2v) is 7.31. The Balaban J connectivity index is 3.78. The lowest BCUT2D eigenvalue weighted by molar-refractivity contribution is -0.122. The lowest BCUT2D eigenvalue weighted by Crippen LogP contribution is -2.30. The summed E-state index contributed by atoms with van der Waals surface area (Å²) in [4.78, 5) is 22.5. The number of carbonyl (C=O) groups is 2. The number of amides is 2. The van der Waals surface area contributed by atoms with Crippen molar-refractivity contribution in [3.63, 3.8) is 0 Å². The first-order valence-corrected chi connectivity index (χ1v) is 9.59. The Bertz CT molecular complexity index is 429. The summed E-state index contributed by atoms with van der Waals surface area (Å²) in [6.45, 7) is 0.462. The third kappa shape index (κ3) is 12.0. The van der Waals surface area contributed by atoms with Crippen molar-refractivity contribution in [1.29, 1.82) is 0 Å². The van der Waals surface area contributed by atoms with Gasteiger partial charge in [-0.1, -0.05) is 6.42 Å². The Morgan fingerprint density at radius 3 is 2.32 bits per heavy atom. The summed E-state index contributed by atoms with van der Waals surface area (Å²) in [6.07, 6.45) is 3.07. The van der Waals surface area contributed by atoms with Crippen LogP contribution in [-0.2, 0) is 27.7 Å². The number of nitrogens with one attached hydrogen (secondary N) is 2. The van der Waals surface area contributed by atoms with E-state index in [2.05, 4.69) is 14.4 Å². The predicted molar refractivity (Wildman–Crippen MR) is 91.2 cm³/mol. The highest BCUT2D eigenvalue weighted by Gasteiger charge is 2.24. The van der Waals surface area contributed by atoms with Crippen molar-refractivity contribution < 1.29 is 32.8 Å². The zero-order chi connectivity index (χ0) is 19.1. The Morgan fingerprint density at radius 2 is 1.76 bits per heavy atom. The van der Waals surface area contributed by atoms with E-state index in [0.29, 0.717) is 19.4 Å². The van der Waals surface area contributed by atoms with Crippen LogP contribution in [0.2, 0.25) is 0 Å². The monoisotopic (exact) mass is 383 g/mol. The van der Waals surface area contributed by atoms with Gasteiger partial charge >= 0.3 is 7.82 Å². The number of hydrogen-bond acceptors (Lipinski definition) is 8. The van der Waals surface area contributed by atoms with Crippen LogP contribution in [0.5, 0.6) is 0 Å². The summed E-state index contributed by atoms with van der Waals surface area (Å²) < 4.78 is 26.1. The van der Waals surface area contributed by atoms with Crippen molar-refractivity contribution >= 4 is 19.6 Å². The molecule has 0 rings (SSSR count). The molecule has 0 aromatic rings. The molecule has 0 bridgehead atoms. The SMILES string of the molecule is COP(=O)(OC)OCC(CO)CCCCNC(=O)CCCC(=O)NN. The molecule has 1 unspecified atom stereocenters. The molecular formula is C14H30N3O7P. The molecule has 148 valence electrons. The number of aliphatic hydroxyl groups excluding tert-OH is 1. The van der Waals surface area contributed by atoms with Crippen LogP contribution in [0.15, 0.2) is 0 Å². The van der Waals surface area contributed by atoms with Crippen LogP contribution in [0, 0.1) is 5.92 Å². The lowest BCUT2D eigenvalue weighted by atomic mass is 10.0. The summed E-state index contributed by atoms with van der Waals surface area (Å²) in [5, 5.41) is 12.1. The summed E-state index contributed by atoms with van der Waals surface area (Å²) in [7, 11) is -1.08. The fourth-order valence-corrected chi connectivity index (χ4v) is 2.71. The largest absolute Gasteiger partial charge is 0.474 e. The predicted octanol–water partition coefficient (Wildman–Crippen LogP) is 0.459. The molecule has 0 aromatic carbocycles. The van der Waals surface area contributed by atoms with E-state index in [0.717, 1.165) is 12.8 Å². The number of nitrogens with two attached hydrogens (primary N) is 1. The van der Waals surface area contributed by atoms with Gasteiger partial charge in [-0.15, -0.1) is 0 Å². The number of rotatable bonds is 15. The standard InChI is InChI=1S/C14H30N3O7P/c1-22-25(21,23-2)24-11-12(10-18)6-3-4-9-16-13(19)7-5-8-14(20)17-15/h12,18H,3-11,15H2,1-2H3,(H,16,19)(H,17,20). The lowest BCUT2D eigenvalue weighted by Gasteiger charge is -2.18. The van der Waals surface area contributed by atoms with E-state index in [9.17, 15) is 19.3 Å². The van der Waals surface area contributed by atoms with Crippen LogP contribution in [0.25, 0.3) is 0 Å². The number of hydrazine groups is 1. The zero-order valence-corrected chi connectivity index (χ0v) is 15.8. The maximum Gasteiger partial charge on any atom is 0.474 e. The van der Waals surface area contributed by atoms with Gasteiger partial charge in [-0.25, -0.2) is 10.4 Å². The molecule has 0 saturated heterocycles. The van der Waals surface area contributed by atoms with Gasteiger partial charge in [0, 0.05) is 46.1 Å². The van der Waals surface area contributed by atoms with Gasteiger partial charge in [0.25, 0.3) is 0 Å². The van der Waals surface area contributed by atoms with Crippen molar-refractivity contribution in [2.24, 2.45) is 11.8 Å². The second-order valence-electron chi connectivity index (χ2n) is 5.42. The van der Waals surface area contributed by atoms with Crippen LogP contribution in [0.4, 0.5) is 0 Å². The number of phosphoric ester groups is 1. The quantitative estimate of drug-likeness (QED) is 0.105. The average Bonchev–Trinajstić information content (AvgIpc) is 2.63. The van der Waals surface area contributed by atoms with Gasteiger partial charge in [-0.2, -0.15) is 0 Å². The van der Waals surface area contributed by atoms with E-state index < -0.39 is 7.82 Å². The molecule has 2 amide bonds. The minimum atomic E-state index is -3.53. The van der Waals surface area contributed by atoms with Crippen LogP contribution >= 0.6 is 7.82 Å². The molecule has 0 fully saturated rings. The van der Waals surface area contributed by atoms with E-state index in [4.69, 9.17) is 10.4 Å². The van der Waals surface area contributed by atoms with Crippen LogP contribution in [-0.4, -0.2) is 50.9 Å². The first-order valence-electron chi connectivity index (χ1n) is 8.13. The van der Waals surface area contributed by atoms with E-state index in [-0.39, 0.29) is 43.8 Å². The van der Waals surface area contributed by atoms with Gasteiger partial charge < -0.3 is 10.4 Å². The highest BCUT2D eigenvalue weighted by atomic mass is 31.2. The summed E-state index contributed by atoms with van der Waals surface area (Å²) in [5.74, 6) is 4.34. The maximum atomic E-state index is 11.7. The Morgan fingerprint density at radius 1 is 1.12 bits per heavy atom. The highest BCUT2D eigenvalue weighted by molar-refractivity contribution is 7.48. The van der Waals surface area contributed by atoms with Crippen molar-refractivity contribution in [2.75, 3.05) is 34.0 Å². The van der Waals surface area contributed by atoms with E-state index >= 15 is 0 Å². The van der Waals surface area contributed by atoms with Gasteiger partial charge in [0.2, 0.25) is 11.8 Å². The molecule has 11 heteroatoms. The van der Waals surface area contributed by atoms with Gasteiger partial charge in [0.15, 0.2) is 0 Å². The Labute approximate surface area is 148 Å². The smallest absolute Gasteiger partial charge is 0.396 e.